The second-order valence-corrected chi connectivity index (χ2v) is 7.75. The third-order valence-corrected chi connectivity index (χ3v) is 6.17. The normalized spacial score (nSPS) is 22.6. The van der Waals surface area contributed by atoms with Crippen LogP contribution in [-0.4, -0.2) is 17.6 Å². The summed E-state index contributed by atoms with van der Waals surface area (Å²) in [5.74, 6) is -0.127. The van der Waals surface area contributed by atoms with E-state index in [0.29, 0.717) is 10.7 Å². The van der Waals surface area contributed by atoms with Crippen LogP contribution in [0.1, 0.15) is 5.56 Å². The molecule has 2 aliphatic rings. The van der Waals surface area contributed by atoms with Crippen LogP contribution in [0.25, 0.3) is 0 Å². The minimum absolute atomic E-state index is 0.133. The second kappa shape index (κ2) is 5.26. The predicted molar refractivity (Wildman–Crippen MR) is 95.8 cm³/mol. The molecule has 1 fully saturated rings. The highest BCUT2D eigenvalue weighted by Crippen LogP contribution is 2.54. The number of nitrogens with zero attached hydrogens (tertiary/aromatic N) is 1. The van der Waals surface area contributed by atoms with Crippen molar-refractivity contribution < 1.29 is 9.59 Å². The van der Waals surface area contributed by atoms with Crippen molar-refractivity contribution in [3.63, 3.8) is 0 Å². The lowest BCUT2D eigenvalue weighted by atomic mass is 10.0. The minimum Gasteiger partial charge on any atom is -0.323 e. The Morgan fingerprint density at radius 3 is 2.78 bits per heavy atom. The molecule has 2 heterocycles. The third kappa shape index (κ3) is 2.05. The summed E-state index contributed by atoms with van der Waals surface area (Å²) in [6.45, 7) is 0. The van der Waals surface area contributed by atoms with Crippen LogP contribution in [0, 0.1) is 0 Å². The topological polar surface area (TPSA) is 49.4 Å². The first-order chi connectivity index (χ1) is 11.0. The Balaban J connectivity index is 1.97. The van der Waals surface area contributed by atoms with Gasteiger partial charge in [-0.15, -0.1) is 11.8 Å². The van der Waals surface area contributed by atoms with Crippen LogP contribution in [0.5, 0.6) is 0 Å². The summed E-state index contributed by atoms with van der Waals surface area (Å²) in [4.78, 5) is 25.8. The summed E-state index contributed by atoms with van der Waals surface area (Å²) in [6.07, 6.45) is 0. The van der Waals surface area contributed by atoms with E-state index in [1.807, 2.05) is 18.2 Å². The minimum atomic E-state index is -1.11. The molecule has 4 nitrogen and oxygen atoms in total. The summed E-state index contributed by atoms with van der Waals surface area (Å²) in [6, 6.07) is 12.7. The lowest BCUT2D eigenvalue weighted by Gasteiger charge is -2.32. The molecule has 7 heteroatoms. The molecule has 4 rings (SSSR count). The van der Waals surface area contributed by atoms with Crippen molar-refractivity contribution in [2.24, 2.45) is 0 Å². The van der Waals surface area contributed by atoms with Crippen LogP contribution in [0.2, 0.25) is 5.02 Å². The molecular formula is C16H10BrClN2O2S. The number of fused-ring (bicyclic) bond motifs is 2. The maximum absolute atomic E-state index is 12.8. The van der Waals surface area contributed by atoms with E-state index < -0.39 is 4.87 Å². The van der Waals surface area contributed by atoms with Gasteiger partial charge in [-0.1, -0.05) is 39.7 Å². The number of halogens is 2. The summed E-state index contributed by atoms with van der Waals surface area (Å²) in [5, 5.41) is 3.32. The van der Waals surface area contributed by atoms with E-state index >= 15 is 0 Å². The highest BCUT2D eigenvalue weighted by Gasteiger charge is 2.58. The van der Waals surface area contributed by atoms with E-state index in [9.17, 15) is 9.59 Å². The molecule has 0 bridgehead atoms. The number of carbonyl (C=O) groups excluding carboxylic acids is 2. The fourth-order valence-corrected chi connectivity index (χ4v) is 4.89. The van der Waals surface area contributed by atoms with E-state index in [0.717, 1.165) is 15.7 Å². The van der Waals surface area contributed by atoms with Crippen LogP contribution in [0.3, 0.4) is 0 Å². The van der Waals surface area contributed by atoms with Crippen molar-refractivity contribution >= 4 is 62.5 Å². The first-order valence-electron chi connectivity index (χ1n) is 6.87. The molecule has 1 atom stereocenters. The number of nitrogens with one attached hydrogen (secondary N) is 1. The number of carbonyl (C=O) groups is 2. The van der Waals surface area contributed by atoms with Crippen LogP contribution in [0.4, 0.5) is 11.4 Å². The van der Waals surface area contributed by atoms with Gasteiger partial charge < -0.3 is 5.32 Å². The van der Waals surface area contributed by atoms with Crippen LogP contribution in [-0.2, 0) is 14.5 Å². The molecule has 116 valence electrons. The van der Waals surface area contributed by atoms with Crippen molar-refractivity contribution in [1.82, 2.24) is 0 Å². The first kappa shape index (κ1) is 15.1. The van der Waals surface area contributed by atoms with Crippen molar-refractivity contribution in [1.29, 1.82) is 0 Å². The predicted octanol–water partition coefficient (Wildman–Crippen LogP) is 3.99. The fourth-order valence-electron chi connectivity index (χ4n) is 3.01. The largest absolute Gasteiger partial charge is 0.323 e. The number of anilines is 2. The zero-order chi connectivity index (χ0) is 16.2. The Bertz CT molecular complexity index is 860. The number of amides is 2. The molecule has 0 aromatic heterocycles. The smallest absolute Gasteiger partial charge is 0.266 e. The monoisotopic (exact) mass is 408 g/mol. The fraction of sp³-hybridized carbons (Fsp3) is 0.125. The Morgan fingerprint density at radius 2 is 2.00 bits per heavy atom. The zero-order valence-electron chi connectivity index (χ0n) is 11.7. The average Bonchev–Trinajstić information content (AvgIpc) is 3.00. The van der Waals surface area contributed by atoms with Crippen molar-refractivity contribution in [3.05, 3.63) is 57.5 Å². The van der Waals surface area contributed by atoms with Gasteiger partial charge in [0.1, 0.15) is 0 Å². The van der Waals surface area contributed by atoms with E-state index in [2.05, 4.69) is 21.2 Å². The van der Waals surface area contributed by atoms with Crippen molar-refractivity contribution in [2.45, 2.75) is 4.87 Å². The molecular weight excluding hydrogens is 400 g/mol. The quantitative estimate of drug-likeness (QED) is 0.775. The number of thioether (sulfide) groups is 1. The summed E-state index contributed by atoms with van der Waals surface area (Å²) in [5.41, 5.74) is 2.04. The van der Waals surface area contributed by atoms with Gasteiger partial charge in [-0.2, -0.15) is 0 Å². The molecule has 0 radical (unpaired) electrons. The van der Waals surface area contributed by atoms with Gasteiger partial charge in [-0.25, -0.2) is 0 Å². The van der Waals surface area contributed by atoms with Gasteiger partial charge in [0.05, 0.1) is 16.5 Å². The average molecular weight is 410 g/mol. The molecule has 2 aromatic rings. The van der Waals surface area contributed by atoms with Crippen LogP contribution >= 0.6 is 39.3 Å². The summed E-state index contributed by atoms with van der Waals surface area (Å²) >= 11 is 11.1. The molecule has 2 amide bonds. The highest BCUT2D eigenvalue weighted by molar-refractivity contribution is 9.10. The van der Waals surface area contributed by atoms with E-state index in [1.165, 1.54) is 16.7 Å². The zero-order valence-corrected chi connectivity index (χ0v) is 14.8. The molecule has 1 N–H and O–H groups in total. The Morgan fingerprint density at radius 1 is 1.22 bits per heavy atom. The van der Waals surface area contributed by atoms with E-state index in [-0.39, 0.29) is 17.6 Å². The van der Waals surface area contributed by atoms with Gasteiger partial charge in [0.15, 0.2) is 0 Å². The van der Waals surface area contributed by atoms with Gasteiger partial charge in [-0.05, 0) is 30.3 Å². The molecule has 2 aliphatic heterocycles. The maximum Gasteiger partial charge on any atom is 0.266 e. The lowest BCUT2D eigenvalue weighted by molar-refractivity contribution is -0.122. The van der Waals surface area contributed by atoms with Crippen molar-refractivity contribution in [3.8, 4) is 0 Å². The Hall–Kier alpha value is -1.50. The SMILES string of the molecule is O=C1CSC2(C(=O)Nc3ccc(Br)cc32)N1c1ccccc1Cl. The van der Waals surface area contributed by atoms with E-state index in [1.54, 1.807) is 24.3 Å². The molecule has 1 saturated heterocycles. The lowest BCUT2D eigenvalue weighted by Crippen LogP contribution is -2.47. The number of benzene rings is 2. The number of para-hydroxylation sites is 1. The standard InChI is InChI=1S/C16H10BrClN2O2S/c17-9-5-6-12-10(7-9)16(15(22)19-12)20(14(21)8-23-16)13-4-2-1-3-11(13)18/h1-7H,8H2,(H,19,22). The molecule has 23 heavy (non-hydrogen) atoms. The molecule has 1 spiro atoms. The van der Waals surface area contributed by atoms with Gasteiger partial charge in [0.25, 0.3) is 5.91 Å². The van der Waals surface area contributed by atoms with Crippen LogP contribution in [0.15, 0.2) is 46.9 Å². The highest BCUT2D eigenvalue weighted by atomic mass is 79.9. The third-order valence-electron chi connectivity index (χ3n) is 3.96. The van der Waals surface area contributed by atoms with Gasteiger partial charge >= 0.3 is 0 Å². The van der Waals surface area contributed by atoms with E-state index in [4.69, 9.17) is 11.6 Å². The summed E-state index contributed by atoms with van der Waals surface area (Å²) in [7, 11) is 0. The Kier molecular flexibility index (Phi) is 3.44. The molecule has 0 aliphatic carbocycles. The molecule has 1 unspecified atom stereocenters. The Labute approximate surface area is 150 Å². The number of rotatable bonds is 1. The summed E-state index contributed by atoms with van der Waals surface area (Å²) < 4.78 is 0.853. The first-order valence-corrected chi connectivity index (χ1v) is 9.03. The van der Waals surface area contributed by atoms with Gasteiger partial charge in [-0.3, -0.25) is 14.5 Å². The number of hydrogen-bond donors (Lipinski definition) is 1. The molecule has 0 saturated carbocycles. The van der Waals surface area contributed by atoms with Gasteiger partial charge in [0.2, 0.25) is 10.8 Å². The second-order valence-electron chi connectivity index (χ2n) is 5.26. The number of hydrogen-bond acceptors (Lipinski definition) is 3. The van der Waals surface area contributed by atoms with Crippen LogP contribution < -0.4 is 10.2 Å². The maximum atomic E-state index is 12.8. The molecule has 2 aromatic carbocycles. The van der Waals surface area contributed by atoms with Crippen molar-refractivity contribution in [2.75, 3.05) is 16.0 Å². The van der Waals surface area contributed by atoms with Gasteiger partial charge in [0, 0.05) is 15.7 Å².